The molecule has 0 saturated carbocycles. The van der Waals surface area contributed by atoms with Gasteiger partial charge in [-0.1, -0.05) is 143 Å². The quantitative estimate of drug-likeness (QED) is 0.0309. The molecule has 440 valence electrons. The molecule has 1 amide bonds. The number of unbranched alkanes of at least 4 members (excludes halogenated alkanes) is 8. The lowest BCUT2D eigenvalue weighted by Crippen LogP contribution is -2.66. The molecule has 17 unspecified atom stereocenters. The average Bonchev–Trinajstić information content (AvgIpc) is 3.42. The zero-order valence-electron chi connectivity index (χ0n) is 45.4. The predicted molar refractivity (Wildman–Crippen MR) is 290 cm³/mol. The highest BCUT2D eigenvalue weighted by Crippen LogP contribution is 2.33. The topological polar surface area (TPSA) is 307 Å². The van der Waals surface area contributed by atoms with Gasteiger partial charge in [0.05, 0.1) is 38.6 Å². The number of allylic oxidation sites excluding steroid dienone is 15. The largest absolute Gasteiger partial charge is 0.394 e. The van der Waals surface area contributed by atoms with Crippen molar-refractivity contribution in [1.29, 1.82) is 0 Å². The van der Waals surface area contributed by atoms with E-state index in [1.165, 1.54) is 0 Å². The van der Waals surface area contributed by atoms with Gasteiger partial charge in [0.15, 0.2) is 18.9 Å². The van der Waals surface area contributed by atoms with Crippen molar-refractivity contribution < 1.29 is 89.4 Å². The number of ether oxygens (including phenoxy) is 6. The van der Waals surface area contributed by atoms with E-state index in [9.17, 15) is 61.0 Å². The normalized spacial score (nSPS) is 31.5. The van der Waals surface area contributed by atoms with Crippen molar-refractivity contribution in [2.45, 2.75) is 234 Å². The number of rotatable bonds is 38. The van der Waals surface area contributed by atoms with Crippen LogP contribution < -0.4 is 5.32 Å². The first-order valence-corrected chi connectivity index (χ1v) is 28.0. The molecule has 17 atom stereocenters. The van der Waals surface area contributed by atoms with Crippen LogP contribution in [-0.2, 0) is 33.2 Å². The Kier molecular flexibility index (Phi) is 36.0. The van der Waals surface area contributed by atoms with Crippen molar-refractivity contribution in [3.05, 3.63) is 97.2 Å². The van der Waals surface area contributed by atoms with E-state index in [-0.39, 0.29) is 18.9 Å². The molecular formula is C58H95NO18. The van der Waals surface area contributed by atoms with Gasteiger partial charge in [-0.15, -0.1) is 0 Å². The smallest absolute Gasteiger partial charge is 0.220 e. The molecule has 3 rings (SSSR count). The maximum Gasteiger partial charge on any atom is 0.220 e. The van der Waals surface area contributed by atoms with Crippen LogP contribution >= 0.6 is 0 Å². The summed E-state index contributed by atoms with van der Waals surface area (Å²) in [5, 5.41) is 119. The van der Waals surface area contributed by atoms with Crippen molar-refractivity contribution in [3.63, 3.8) is 0 Å². The fourth-order valence-electron chi connectivity index (χ4n) is 8.75. The number of hydrogen-bond acceptors (Lipinski definition) is 18. The van der Waals surface area contributed by atoms with Crippen LogP contribution in [0.4, 0.5) is 0 Å². The molecule has 3 aliphatic heterocycles. The Morgan fingerprint density at radius 2 is 0.896 bits per heavy atom. The van der Waals surface area contributed by atoms with Gasteiger partial charge in [-0.3, -0.25) is 4.79 Å². The van der Waals surface area contributed by atoms with E-state index in [4.69, 9.17) is 28.4 Å². The molecule has 12 N–H and O–H groups in total. The van der Waals surface area contributed by atoms with Gasteiger partial charge in [-0.2, -0.15) is 0 Å². The fourth-order valence-corrected chi connectivity index (χ4v) is 8.75. The molecule has 3 heterocycles. The van der Waals surface area contributed by atoms with Crippen LogP contribution in [0.2, 0.25) is 0 Å². The maximum absolute atomic E-state index is 13.2. The first kappa shape index (κ1) is 68.0. The molecule has 0 aromatic heterocycles. The van der Waals surface area contributed by atoms with Gasteiger partial charge in [0.1, 0.15) is 73.2 Å². The lowest BCUT2D eigenvalue weighted by molar-refractivity contribution is -0.379. The summed E-state index contributed by atoms with van der Waals surface area (Å²) >= 11 is 0. The second-order valence-corrected chi connectivity index (χ2v) is 19.7. The summed E-state index contributed by atoms with van der Waals surface area (Å²) in [6.45, 7) is 1.41. The summed E-state index contributed by atoms with van der Waals surface area (Å²) < 4.78 is 34.0. The molecule has 3 aliphatic rings. The zero-order chi connectivity index (χ0) is 56.2. The van der Waals surface area contributed by atoms with Crippen molar-refractivity contribution in [1.82, 2.24) is 5.32 Å². The minimum Gasteiger partial charge on any atom is -0.394 e. The first-order valence-electron chi connectivity index (χ1n) is 28.0. The summed E-state index contributed by atoms with van der Waals surface area (Å²) in [6.07, 6.45) is 23.3. The highest BCUT2D eigenvalue weighted by molar-refractivity contribution is 5.76. The summed E-state index contributed by atoms with van der Waals surface area (Å²) in [4.78, 5) is 13.2. The van der Waals surface area contributed by atoms with E-state index in [2.05, 4.69) is 104 Å². The molecule has 0 aromatic carbocycles. The third-order valence-electron chi connectivity index (χ3n) is 13.4. The number of carbonyl (C=O) groups excluding carboxylic acids is 1. The minimum absolute atomic E-state index is 0.212. The van der Waals surface area contributed by atoms with Crippen LogP contribution in [0.15, 0.2) is 97.2 Å². The number of hydrogen-bond donors (Lipinski definition) is 12. The van der Waals surface area contributed by atoms with E-state index in [0.717, 1.165) is 96.3 Å². The summed E-state index contributed by atoms with van der Waals surface area (Å²) in [5.74, 6) is -0.309. The molecule has 3 fully saturated rings. The SMILES string of the molecule is CC/C=C\C/C=C\C/C=C\C/C=C\C/C=C\C/C=C\C/C=C\CCCCCCCC(=O)NC(COC1OC(CO)C(OC2OC(CO)C(OC3OC(CO)C(O)C(O)C3O)C(O)C2O)C(O)C1O)C(O)/C=C/CCCCC. The van der Waals surface area contributed by atoms with Gasteiger partial charge in [-0.25, -0.2) is 0 Å². The maximum atomic E-state index is 13.2. The number of carbonyl (C=O) groups is 1. The monoisotopic (exact) mass is 1090 g/mol. The predicted octanol–water partition coefficient (Wildman–Crippen LogP) is 3.81. The van der Waals surface area contributed by atoms with Crippen LogP contribution in [0.3, 0.4) is 0 Å². The molecule has 3 saturated heterocycles. The van der Waals surface area contributed by atoms with Crippen molar-refractivity contribution in [2.75, 3.05) is 26.4 Å². The fraction of sp³-hybridized carbons (Fsp3) is 0.707. The minimum atomic E-state index is -1.98. The molecule has 0 aromatic rings. The number of amides is 1. The standard InChI is InChI=1S/C58H95NO18/c1-3-5-7-9-10-11-12-13-14-15-16-17-18-19-20-21-22-23-24-25-26-27-28-29-30-32-34-36-46(64)59-41(42(63)35-33-31-8-6-4-2)40-72-56-52(70)49(67)54(44(38-61)74-56)77-58-53(71)50(68)55(45(39-62)75-58)76-57-51(69)48(66)47(65)43(37-60)73-57/h5,7,10-11,13-14,16-17,19-20,22-23,25-26,33,35,41-45,47-58,60-63,65-71H,3-4,6,8-9,12,15,18,21,24,27-32,34,36-40H2,1-2H3,(H,59,64)/b7-5-,11-10-,14-13-,17-16-,20-19-,23-22-,26-25-,35-33+. The van der Waals surface area contributed by atoms with Gasteiger partial charge < -0.3 is 89.9 Å². The van der Waals surface area contributed by atoms with E-state index >= 15 is 0 Å². The highest BCUT2D eigenvalue weighted by atomic mass is 16.8. The molecule has 0 spiro atoms. The Hall–Kier alpha value is -3.29. The van der Waals surface area contributed by atoms with Crippen LogP contribution in [0, 0.1) is 0 Å². The summed E-state index contributed by atoms with van der Waals surface area (Å²) in [7, 11) is 0. The van der Waals surface area contributed by atoms with Crippen LogP contribution in [-0.4, -0.2) is 193 Å². The van der Waals surface area contributed by atoms with Gasteiger partial charge in [0.25, 0.3) is 0 Å². The second-order valence-electron chi connectivity index (χ2n) is 19.7. The Balaban J connectivity index is 1.40. The summed E-state index contributed by atoms with van der Waals surface area (Å²) in [6, 6.07) is -0.986. The average molecular weight is 1090 g/mol. The Labute approximate surface area is 456 Å². The second kappa shape index (κ2) is 40.8. The molecule has 0 bridgehead atoms. The molecule has 0 radical (unpaired) electrons. The highest BCUT2D eigenvalue weighted by Gasteiger charge is 2.53. The third-order valence-corrected chi connectivity index (χ3v) is 13.4. The van der Waals surface area contributed by atoms with E-state index in [1.54, 1.807) is 6.08 Å². The zero-order valence-corrected chi connectivity index (χ0v) is 45.4. The van der Waals surface area contributed by atoms with Crippen LogP contribution in [0.1, 0.15) is 129 Å². The summed E-state index contributed by atoms with van der Waals surface area (Å²) in [5.41, 5.74) is 0. The third kappa shape index (κ3) is 25.4. The van der Waals surface area contributed by atoms with Crippen LogP contribution in [0.5, 0.6) is 0 Å². The Morgan fingerprint density at radius 3 is 1.40 bits per heavy atom. The lowest BCUT2D eigenvalue weighted by atomic mass is 9.96. The van der Waals surface area contributed by atoms with Gasteiger partial charge in [0, 0.05) is 6.42 Å². The van der Waals surface area contributed by atoms with Crippen molar-refractivity contribution in [2.24, 2.45) is 0 Å². The molecule has 77 heavy (non-hydrogen) atoms. The van der Waals surface area contributed by atoms with Gasteiger partial charge in [-0.05, 0) is 77.0 Å². The first-order chi connectivity index (χ1) is 37.3. The van der Waals surface area contributed by atoms with Crippen LogP contribution in [0.25, 0.3) is 0 Å². The van der Waals surface area contributed by atoms with E-state index in [1.807, 2.05) is 6.08 Å². The molecular weight excluding hydrogens is 999 g/mol. The Morgan fingerprint density at radius 1 is 0.481 bits per heavy atom. The van der Waals surface area contributed by atoms with Gasteiger partial charge in [0.2, 0.25) is 5.91 Å². The van der Waals surface area contributed by atoms with E-state index in [0.29, 0.717) is 12.8 Å². The van der Waals surface area contributed by atoms with E-state index < -0.39 is 124 Å². The van der Waals surface area contributed by atoms with Crippen molar-refractivity contribution >= 4 is 5.91 Å². The number of aliphatic hydroxyl groups is 11. The molecule has 19 nitrogen and oxygen atoms in total. The number of nitrogens with one attached hydrogen (secondary N) is 1. The molecule has 0 aliphatic carbocycles. The lowest BCUT2D eigenvalue weighted by Gasteiger charge is -2.48. The number of aliphatic hydroxyl groups excluding tert-OH is 11. The van der Waals surface area contributed by atoms with Gasteiger partial charge >= 0.3 is 0 Å². The molecule has 19 heteroatoms. The van der Waals surface area contributed by atoms with Crippen molar-refractivity contribution in [3.8, 4) is 0 Å². The Bertz CT molecular complexity index is 1780.